The minimum atomic E-state index is -0.0282. The van der Waals surface area contributed by atoms with Gasteiger partial charge in [0.15, 0.2) is 0 Å². The molecule has 3 nitrogen and oxygen atoms in total. The van der Waals surface area contributed by atoms with E-state index in [0.29, 0.717) is 12.6 Å². The summed E-state index contributed by atoms with van der Waals surface area (Å²) in [6, 6.07) is 0.455. The topological polar surface area (TPSA) is 23.6 Å². The summed E-state index contributed by atoms with van der Waals surface area (Å²) < 4.78 is 0. The van der Waals surface area contributed by atoms with Gasteiger partial charge in [0.25, 0.3) is 0 Å². The highest BCUT2D eigenvalue weighted by Crippen LogP contribution is 2.20. The molecule has 0 N–H and O–H groups in total. The highest BCUT2D eigenvalue weighted by Gasteiger charge is 2.36. The minimum Gasteiger partial charge on any atom is -0.338 e. The van der Waals surface area contributed by atoms with E-state index in [0.717, 1.165) is 6.54 Å². The summed E-state index contributed by atoms with van der Waals surface area (Å²) in [5, 5.41) is 0. The molecule has 13 heavy (non-hydrogen) atoms. The maximum Gasteiger partial charge on any atom is 0.236 e. The molecule has 0 saturated carbocycles. The molecule has 1 fully saturated rings. The number of carbonyl (C=O) groups excluding carboxylic acids is 1. The molecule has 0 bridgehead atoms. The van der Waals surface area contributed by atoms with Gasteiger partial charge < -0.3 is 4.90 Å². The summed E-state index contributed by atoms with van der Waals surface area (Å²) in [6.07, 6.45) is 0. The lowest BCUT2D eigenvalue weighted by molar-refractivity contribution is -0.143. The minimum absolute atomic E-state index is 0.0282. The van der Waals surface area contributed by atoms with E-state index in [2.05, 4.69) is 32.6 Å². The molecule has 0 aromatic carbocycles. The third kappa shape index (κ3) is 2.02. The van der Waals surface area contributed by atoms with E-state index in [4.69, 9.17) is 0 Å². The third-order valence-corrected chi connectivity index (χ3v) is 2.94. The van der Waals surface area contributed by atoms with Gasteiger partial charge in [0.05, 0.1) is 6.54 Å². The summed E-state index contributed by atoms with van der Waals surface area (Å²) >= 11 is 0. The van der Waals surface area contributed by atoms with Crippen LogP contribution < -0.4 is 0 Å². The standard InChI is InChI=1S/C10H20N2O/c1-8(2)12-6-9(13)11(5)10(3,4)7-12/h8H,6-7H2,1-5H3. The lowest BCUT2D eigenvalue weighted by atomic mass is 9.98. The normalized spacial score (nSPS) is 24.2. The number of carbonyl (C=O) groups is 1. The first-order valence-electron chi connectivity index (χ1n) is 4.85. The largest absolute Gasteiger partial charge is 0.338 e. The Morgan fingerprint density at radius 3 is 2.31 bits per heavy atom. The molecular weight excluding hydrogens is 164 g/mol. The number of likely N-dealkylation sites (N-methyl/N-ethyl adjacent to an activating group) is 1. The van der Waals surface area contributed by atoms with E-state index in [9.17, 15) is 4.79 Å². The quantitative estimate of drug-likeness (QED) is 0.605. The predicted octanol–water partition coefficient (Wildman–Crippen LogP) is 0.947. The second-order valence-corrected chi connectivity index (χ2v) is 4.76. The molecule has 1 aliphatic rings. The monoisotopic (exact) mass is 184 g/mol. The van der Waals surface area contributed by atoms with Crippen molar-refractivity contribution in [1.82, 2.24) is 9.80 Å². The maximum absolute atomic E-state index is 11.6. The van der Waals surface area contributed by atoms with Crippen LogP contribution in [0.4, 0.5) is 0 Å². The smallest absolute Gasteiger partial charge is 0.236 e. The number of nitrogens with zero attached hydrogens (tertiary/aromatic N) is 2. The third-order valence-electron chi connectivity index (χ3n) is 2.94. The molecule has 1 amide bonds. The van der Waals surface area contributed by atoms with Crippen LogP contribution in [0.5, 0.6) is 0 Å². The molecule has 3 heteroatoms. The van der Waals surface area contributed by atoms with E-state index < -0.39 is 0 Å². The lowest BCUT2D eigenvalue weighted by Gasteiger charge is -2.46. The Bertz CT molecular complexity index is 211. The molecule has 76 valence electrons. The molecular formula is C10H20N2O. The van der Waals surface area contributed by atoms with E-state index in [1.807, 2.05) is 11.9 Å². The van der Waals surface area contributed by atoms with Crippen molar-refractivity contribution in [3.63, 3.8) is 0 Å². The fraction of sp³-hybridized carbons (Fsp3) is 0.900. The van der Waals surface area contributed by atoms with Crippen molar-refractivity contribution in [1.29, 1.82) is 0 Å². The average Bonchev–Trinajstić information content (AvgIpc) is 1.99. The van der Waals surface area contributed by atoms with Gasteiger partial charge in [0.1, 0.15) is 0 Å². The van der Waals surface area contributed by atoms with Crippen LogP contribution in [0, 0.1) is 0 Å². The van der Waals surface area contributed by atoms with Crippen LogP contribution in [0.15, 0.2) is 0 Å². The molecule has 0 unspecified atom stereocenters. The molecule has 1 rings (SSSR count). The van der Waals surface area contributed by atoms with Crippen LogP contribution in [-0.2, 0) is 4.79 Å². The fourth-order valence-electron chi connectivity index (χ4n) is 1.64. The summed E-state index contributed by atoms with van der Waals surface area (Å²) in [4.78, 5) is 15.7. The highest BCUT2D eigenvalue weighted by atomic mass is 16.2. The van der Waals surface area contributed by atoms with Crippen molar-refractivity contribution in [3.05, 3.63) is 0 Å². The van der Waals surface area contributed by atoms with Crippen LogP contribution in [0.3, 0.4) is 0 Å². The number of piperazine rings is 1. The summed E-state index contributed by atoms with van der Waals surface area (Å²) in [5.74, 6) is 0.227. The SMILES string of the molecule is CC(C)N1CC(=O)N(C)C(C)(C)C1. The molecule has 1 saturated heterocycles. The predicted molar refractivity (Wildman–Crippen MR) is 53.6 cm³/mol. The first-order valence-corrected chi connectivity index (χ1v) is 4.85. The summed E-state index contributed by atoms with van der Waals surface area (Å²) in [5.41, 5.74) is -0.0282. The molecule has 0 atom stereocenters. The maximum atomic E-state index is 11.6. The van der Waals surface area contributed by atoms with Crippen molar-refractivity contribution < 1.29 is 4.79 Å². The molecule has 1 heterocycles. The number of hydrogen-bond acceptors (Lipinski definition) is 2. The first-order chi connectivity index (χ1) is 5.84. The zero-order valence-electron chi connectivity index (χ0n) is 9.29. The van der Waals surface area contributed by atoms with Gasteiger partial charge in [-0.1, -0.05) is 0 Å². The van der Waals surface area contributed by atoms with Crippen LogP contribution in [-0.4, -0.2) is 47.4 Å². The second-order valence-electron chi connectivity index (χ2n) is 4.76. The van der Waals surface area contributed by atoms with E-state index in [1.54, 1.807) is 0 Å². The van der Waals surface area contributed by atoms with Gasteiger partial charge in [-0.2, -0.15) is 0 Å². The molecule has 0 aromatic heterocycles. The van der Waals surface area contributed by atoms with E-state index in [1.165, 1.54) is 0 Å². The Morgan fingerprint density at radius 2 is 1.92 bits per heavy atom. The fourth-order valence-corrected chi connectivity index (χ4v) is 1.64. The van der Waals surface area contributed by atoms with Crippen LogP contribution in [0.2, 0.25) is 0 Å². The van der Waals surface area contributed by atoms with Crippen molar-refractivity contribution in [2.24, 2.45) is 0 Å². The van der Waals surface area contributed by atoms with Crippen LogP contribution >= 0.6 is 0 Å². The van der Waals surface area contributed by atoms with Gasteiger partial charge in [-0.05, 0) is 27.7 Å². The van der Waals surface area contributed by atoms with Crippen molar-refractivity contribution in [3.8, 4) is 0 Å². The Balaban J connectivity index is 2.76. The Hall–Kier alpha value is -0.570. The van der Waals surface area contributed by atoms with Gasteiger partial charge in [0.2, 0.25) is 5.91 Å². The number of amides is 1. The lowest BCUT2D eigenvalue weighted by Crippen LogP contribution is -2.61. The van der Waals surface area contributed by atoms with Gasteiger partial charge in [-0.25, -0.2) is 0 Å². The van der Waals surface area contributed by atoms with E-state index in [-0.39, 0.29) is 11.4 Å². The zero-order valence-corrected chi connectivity index (χ0v) is 9.29. The molecule has 1 aliphatic heterocycles. The highest BCUT2D eigenvalue weighted by molar-refractivity contribution is 5.79. The van der Waals surface area contributed by atoms with Crippen molar-refractivity contribution >= 4 is 5.91 Å². The molecule has 0 aromatic rings. The summed E-state index contributed by atoms with van der Waals surface area (Å²) in [7, 11) is 1.89. The molecule has 0 spiro atoms. The number of hydrogen-bond donors (Lipinski definition) is 0. The average molecular weight is 184 g/mol. The Morgan fingerprint density at radius 1 is 1.38 bits per heavy atom. The first kappa shape index (κ1) is 10.5. The van der Waals surface area contributed by atoms with Crippen LogP contribution in [0.25, 0.3) is 0 Å². The van der Waals surface area contributed by atoms with Gasteiger partial charge in [-0.15, -0.1) is 0 Å². The van der Waals surface area contributed by atoms with Gasteiger partial charge >= 0.3 is 0 Å². The Kier molecular flexibility index (Phi) is 2.66. The molecule has 0 radical (unpaired) electrons. The zero-order chi connectivity index (χ0) is 10.2. The number of rotatable bonds is 1. The van der Waals surface area contributed by atoms with Crippen molar-refractivity contribution in [2.45, 2.75) is 39.3 Å². The summed E-state index contributed by atoms with van der Waals surface area (Å²) in [6.45, 7) is 10.0. The van der Waals surface area contributed by atoms with Gasteiger partial charge in [-0.3, -0.25) is 9.69 Å². The van der Waals surface area contributed by atoms with Crippen LogP contribution in [0.1, 0.15) is 27.7 Å². The van der Waals surface area contributed by atoms with Gasteiger partial charge in [0, 0.05) is 25.2 Å². The second kappa shape index (κ2) is 3.29. The van der Waals surface area contributed by atoms with Crippen molar-refractivity contribution in [2.75, 3.05) is 20.1 Å². The van der Waals surface area contributed by atoms with E-state index >= 15 is 0 Å². The molecule has 0 aliphatic carbocycles. The Labute approximate surface area is 80.7 Å².